The van der Waals surface area contributed by atoms with E-state index in [9.17, 15) is 9.59 Å². The number of halogens is 2. The number of hydrogen-bond acceptors (Lipinski definition) is 2. The highest BCUT2D eigenvalue weighted by Crippen LogP contribution is 2.20. The van der Waals surface area contributed by atoms with Gasteiger partial charge in [0.05, 0.1) is 6.04 Å². The average molecular weight is 439 g/mol. The summed E-state index contributed by atoms with van der Waals surface area (Å²) in [6, 6.07) is 14.1. The summed E-state index contributed by atoms with van der Waals surface area (Å²) in [6.07, 6.45) is 0.744. The number of amides is 3. The molecule has 0 aliphatic rings. The molecule has 138 valence electrons. The first-order chi connectivity index (χ1) is 12.5. The van der Waals surface area contributed by atoms with E-state index in [2.05, 4.69) is 31.9 Å². The summed E-state index contributed by atoms with van der Waals surface area (Å²) in [5.41, 5.74) is 1.53. The van der Waals surface area contributed by atoms with Gasteiger partial charge in [0.2, 0.25) is 0 Å². The number of nitrogens with one attached hydrogen (secondary N) is 3. The highest BCUT2D eigenvalue weighted by atomic mass is 79.9. The topological polar surface area (TPSA) is 70.2 Å². The van der Waals surface area contributed by atoms with Crippen LogP contribution in [-0.4, -0.2) is 25.0 Å². The van der Waals surface area contributed by atoms with Gasteiger partial charge in [-0.05, 0) is 48.4 Å². The Labute approximate surface area is 166 Å². The van der Waals surface area contributed by atoms with Crippen LogP contribution in [0, 0.1) is 0 Å². The number of hydrogen-bond donors (Lipinski definition) is 3. The zero-order valence-corrected chi connectivity index (χ0v) is 16.7. The average Bonchev–Trinajstić information content (AvgIpc) is 2.63. The molecular formula is C19H21BrClN3O2. The van der Waals surface area contributed by atoms with E-state index in [0.717, 1.165) is 16.5 Å². The zero-order valence-electron chi connectivity index (χ0n) is 14.4. The minimum atomic E-state index is -0.283. The first-order valence-electron chi connectivity index (χ1n) is 8.33. The van der Waals surface area contributed by atoms with E-state index in [0.29, 0.717) is 23.7 Å². The Morgan fingerprint density at radius 2 is 1.77 bits per heavy atom. The van der Waals surface area contributed by atoms with Crippen LogP contribution in [0.1, 0.15) is 35.3 Å². The van der Waals surface area contributed by atoms with Crippen LogP contribution in [0.2, 0.25) is 5.02 Å². The maximum Gasteiger partial charge on any atom is 0.315 e. The first kappa shape index (κ1) is 20.3. The van der Waals surface area contributed by atoms with Crippen molar-refractivity contribution in [3.63, 3.8) is 0 Å². The highest BCUT2D eigenvalue weighted by Gasteiger charge is 2.12. The highest BCUT2D eigenvalue weighted by molar-refractivity contribution is 9.10. The quantitative estimate of drug-likeness (QED) is 0.565. The SMILES string of the molecule is CCC(NC(=O)NCCNC(=O)c1ccc(Br)cc1)c1cccc(Cl)c1. The number of urea groups is 1. The molecule has 3 amide bonds. The normalized spacial score (nSPS) is 11.5. The molecule has 0 radical (unpaired) electrons. The summed E-state index contributed by atoms with van der Waals surface area (Å²) in [5.74, 6) is -0.176. The van der Waals surface area contributed by atoms with E-state index in [1.807, 2.05) is 25.1 Å². The van der Waals surface area contributed by atoms with Crippen molar-refractivity contribution in [2.24, 2.45) is 0 Å². The van der Waals surface area contributed by atoms with Gasteiger partial charge in [-0.15, -0.1) is 0 Å². The Bertz CT molecular complexity index is 753. The molecule has 3 N–H and O–H groups in total. The van der Waals surface area contributed by atoms with E-state index in [1.54, 1.807) is 30.3 Å². The van der Waals surface area contributed by atoms with E-state index in [4.69, 9.17) is 11.6 Å². The van der Waals surface area contributed by atoms with Gasteiger partial charge in [-0.2, -0.15) is 0 Å². The zero-order chi connectivity index (χ0) is 18.9. The lowest BCUT2D eigenvalue weighted by atomic mass is 10.1. The predicted molar refractivity (Wildman–Crippen MR) is 107 cm³/mol. The molecule has 2 aromatic rings. The van der Waals surface area contributed by atoms with Crippen LogP contribution < -0.4 is 16.0 Å². The molecule has 0 aromatic heterocycles. The third kappa shape index (κ3) is 6.35. The molecule has 0 heterocycles. The molecule has 1 unspecified atom stereocenters. The monoisotopic (exact) mass is 437 g/mol. The number of carbonyl (C=O) groups is 2. The fraction of sp³-hybridized carbons (Fsp3) is 0.263. The second kappa shape index (κ2) is 10.2. The van der Waals surface area contributed by atoms with E-state index >= 15 is 0 Å². The minimum absolute atomic E-state index is 0.119. The molecule has 26 heavy (non-hydrogen) atoms. The Balaban J connectivity index is 1.74. The maximum absolute atomic E-state index is 12.0. The lowest BCUT2D eigenvalue weighted by Gasteiger charge is -2.18. The largest absolute Gasteiger partial charge is 0.350 e. The van der Waals surface area contributed by atoms with Crippen molar-refractivity contribution in [1.29, 1.82) is 0 Å². The first-order valence-corrected chi connectivity index (χ1v) is 9.50. The lowest BCUT2D eigenvalue weighted by molar-refractivity contribution is 0.0954. The molecular weight excluding hydrogens is 418 g/mol. The Hall–Kier alpha value is -2.05. The number of benzene rings is 2. The van der Waals surface area contributed by atoms with Gasteiger partial charge in [0.15, 0.2) is 0 Å². The maximum atomic E-state index is 12.0. The standard InChI is InChI=1S/C19H21BrClN3O2/c1-2-17(14-4-3-5-16(21)12-14)24-19(26)23-11-10-22-18(25)13-6-8-15(20)9-7-13/h3-9,12,17H,2,10-11H2,1H3,(H,22,25)(H2,23,24,26). The van der Waals surface area contributed by atoms with Crippen molar-refractivity contribution in [3.8, 4) is 0 Å². The molecule has 0 spiro atoms. The van der Waals surface area contributed by atoms with Crippen molar-refractivity contribution in [1.82, 2.24) is 16.0 Å². The van der Waals surface area contributed by atoms with Crippen LogP contribution in [0.4, 0.5) is 4.79 Å². The van der Waals surface area contributed by atoms with Gasteiger partial charge in [-0.3, -0.25) is 4.79 Å². The Kier molecular flexibility index (Phi) is 7.94. The van der Waals surface area contributed by atoms with E-state index in [1.165, 1.54) is 0 Å². The molecule has 7 heteroatoms. The molecule has 2 aromatic carbocycles. The second-order valence-corrected chi connectivity index (χ2v) is 7.03. The van der Waals surface area contributed by atoms with E-state index in [-0.39, 0.29) is 18.0 Å². The van der Waals surface area contributed by atoms with Gasteiger partial charge in [-0.25, -0.2) is 4.79 Å². The smallest absolute Gasteiger partial charge is 0.315 e. The lowest BCUT2D eigenvalue weighted by Crippen LogP contribution is -2.41. The fourth-order valence-corrected chi connectivity index (χ4v) is 2.87. The summed E-state index contributed by atoms with van der Waals surface area (Å²) in [5, 5.41) is 9.06. The van der Waals surface area contributed by atoms with Crippen LogP contribution in [0.3, 0.4) is 0 Å². The molecule has 0 saturated carbocycles. The van der Waals surface area contributed by atoms with Gasteiger partial charge < -0.3 is 16.0 Å². The van der Waals surface area contributed by atoms with Gasteiger partial charge in [-0.1, -0.05) is 46.6 Å². The van der Waals surface area contributed by atoms with Crippen LogP contribution >= 0.6 is 27.5 Å². The van der Waals surface area contributed by atoms with Gasteiger partial charge in [0.25, 0.3) is 5.91 Å². The Morgan fingerprint density at radius 1 is 1.08 bits per heavy atom. The second-order valence-electron chi connectivity index (χ2n) is 5.68. The summed E-state index contributed by atoms with van der Waals surface area (Å²) in [7, 11) is 0. The summed E-state index contributed by atoms with van der Waals surface area (Å²) >= 11 is 9.33. The van der Waals surface area contributed by atoms with Crippen molar-refractivity contribution >= 4 is 39.5 Å². The van der Waals surface area contributed by atoms with Gasteiger partial charge in [0.1, 0.15) is 0 Å². The Morgan fingerprint density at radius 3 is 2.42 bits per heavy atom. The molecule has 0 bridgehead atoms. The summed E-state index contributed by atoms with van der Waals surface area (Å²) < 4.78 is 0.914. The number of carbonyl (C=O) groups excluding carboxylic acids is 2. The molecule has 0 aliphatic carbocycles. The predicted octanol–water partition coefficient (Wildman–Crippen LogP) is 4.28. The molecule has 1 atom stereocenters. The minimum Gasteiger partial charge on any atom is -0.350 e. The summed E-state index contributed by atoms with van der Waals surface area (Å²) in [4.78, 5) is 24.0. The molecule has 0 saturated heterocycles. The third-order valence-electron chi connectivity index (χ3n) is 3.77. The van der Waals surface area contributed by atoms with Crippen molar-refractivity contribution in [2.75, 3.05) is 13.1 Å². The van der Waals surface area contributed by atoms with Crippen LogP contribution in [0.5, 0.6) is 0 Å². The third-order valence-corrected chi connectivity index (χ3v) is 4.53. The van der Waals surface area contributed by atoms with Crippen molar-refractivity contribution in [3.05, 3.63) is 69.2 Å². The van der Waals surface area contributed by atoms with E-state index < -0.39 is 0 Å². The van der Waals surface area contributed by atoms with Gasteiger partial charge >= 0.3 is 6.03 Å². The van der Waals surface area contributed by atoms with Crippen LogP contribution in [0.25, 0.3) is 0 Å². The fourth-order valence-electron chi connectivity index (χ4n) is 2.41. The molecule has 5 nitrogen and oxygen atoms in total. The summed E-state index contributed by atoms with van der Waals surface area (Å²) in [6.45, 7) is 2.67. The van der Waals surface area contributed by atoms with Crippen molar-refractivity contribution in [2.45, 2.75) is 19.4 Å². The molecule has 2 rings (SSSR count). The van der Waals surface area contributed by atoms with Crippen LogP contribution in [-0.2, 0) is 0 Å². The number of rotatable bonds is 7. The van der Waals surface area contributed by atoms with Gasteiger partial charge in [0, 0.05) is 28.1 Å². The van der Waals surface area contributed by atoms with Crippen LogP contribution in [0.15, 0.2) is 53.0 Å². The molecule has 0 aliphatic heterocycles. The van der Waals surface area contributed by atoms with Crippen molar-refractivity contribution < 1.29 is 9.59 Å². The molecule has 0 fully saturated rings.